The summed E-state index contributed by atoms with van der Waals surface area (Å²) in [6.07, 6.45) is -0.0122. The first kappa shape index (κ1) is 12.4. The van der Waals surface area contributed by atoms with Crippen LogP contribution in [-0.4, -0.2) is 28.6 Å². The number of aromatic hydroxyl groups is 1. The van der Waals surface area contributed by atoms with Crippen molar-refractivity contribution in [2.24, 2.45) is 5.92 Å². The number of carboxylic acid groups (broad SMARTS) is 1. The minimum Gasteiger partial charge on any atom is -0.506 e. The molecule has 1 aromatic rings. The molecule has 1 aromatic carbocycles. The van der Waals surface area contributed by atoms with Gasteiger partial charge in [0.25, 0.3) is 0 Å². The molecule has 5 heteroatoms. The molecule has 0 bridgehead atoms. The second kappa shape index (κ2) is 4.33. The van der Waals surface area contributed by atoms with Crippen LogP contribution in [0.2, 0.25) is 0 Å². The van der Waals surface area contributed by atoms with Gasteiger partial charge in [0.05, 0.1) is 11.6 Å². The van der Waals surface area contributed by atoms with Crippen LogP contribution in [0, 0.1) is 19.8 Å². The van der Waals surface area contributed by atoms with Gasteiger partial charge in [0, 0.05) is 13.0 Å². The molecule has 2 N–H and O–H groups in total. The highest BCUT2D eigenvalue weighted by atomic mass is 16.4. The number of amides is 1. The van der Waals surface area contributed by atoms with Crippen molar-refractivity contribution in [2.45, 2.75) is 20.3 Å². The van der Waals surface area contributed by atoms with Gasteiger partial charge in [-0.15, -0.1) is 0 Å². The normalized spacial score (nSPS) is 19.3. The third-order valence-corrected chi connectivity index (χ3v) is 3.36. The number of aryl methyl sites for hydroxylation is 2. The zero-order chi connectivity index (χ0) is 13.4. The Kier molecular flexibility index (Phi) is 2.98. The van der Waals surface area contributed by atoms with Crippen molar-refractivity contribution in [1.82, 2.24) is 0 Å². The number of rotatable bonds is 2. The number of benzene rings is 1. The summed E-state index contributed by atoms with van der Waals surface area (Å²) in [4.78, 5) is 24.0. The summed E-state index contributed by atoms with van der Waals surface area (Å²) in [5.74, 6) is -1.92. The third kappa shape index (κ3) is 2.03. The van der Waals surface area contributed by atoms with Crippen LogP contribution in [0.4, 0.5) is 5.69 Å². The Hall–Kier alpha value is -2.04. The lowest BCUT2D eigenvalue weighted by Gasteiger charge is -2.19. The molecule has 0 aromatic heterocycles. The fourth-order valence-electron chi connectivity index (χ4n) is 2.11. The summed E-state index contributed by atoms with van der Waals surface area (Å²) in [7, 11) is 0. The fourth-order valence-corrected chi connectivity index (χ4v) is 2.11. The lowest BCUT2D eigenvalue weighted by Crippen LogP contribution is -2.26. The Balaban J connectivity index is 2.35. The second-order valence-corrected chi connectivity index (χ2v) is 4.67. The first-order valence-corrected chi connectivity index (χ1v) is 5.73. The van der Waals surface area contributed by atoms with Crippen LogP contribution in [0.5, 0.6) is 5.75 Å². The minimum atomic E-state index is -0.978. The van der Waals surface area contributed by atoms with Crippen LogP contribution >= 0.6 is 0 Å². The lowest BCUT2D eigenvalue weighted by molar-refractivity contribution is -0.141. The maximum absolute atomic E-state index is 11.8. The minimum absolute atomic E-state index is 0.0116. The number of carbonyl (C=O) groups excluding carboxylic acids is 1. The molecule has 1 heterocycles. The number of aliphatic carboxylic acids is 1. The average Bonchev–Trinajstić information content (AvgIpc) is 2.66. The van der Waals surface area contributed by atoms with E-state index in [-0.39, 0.29) is 24.6 Å². The molecule has 0 aliphatic carbocycles. The van der Waals surface area contributed by atoms with Crippen LogP contribution in [-0.2, 0) is 9.59 Å². The van der Waals surface area contributed by atoms with Crippen molar-refractivity contribution >= 4 is 17.6 Å². The highest BCUT2D eigenvalue weighted by Crippen LogP contribution is 2.34. The van der Waals surface area contributed by atoms with Gasteiger partial charge < -0.3 is 15.1 Å². The Bertz CT molecular complexity index is 524. The number of hydrogen-bond donors (Lipinski definition) is 2. The Morgan fingerprint density at radius 2 is 1.94 bits per heavy atom. The van der Waals surface area contributed by atoms with Gasteiger partial charge in [0.1, 0.15) is 5.75 Å². The molecular weight excluding hydrogens is 234 g/mol. The van der Waals surface area contributed by atoms with Crippen molar-refractivity contribution in [3.63, 3.8) is 0 Å². The van der Waals surface area contributed by atoms with Gasteiger partial charge >= 0.3 is 5.97 Å². The van der Waals surface area contributed by atoms with Crippen molar-refractivity contribution < 1.29 is 19.8 Å². The fraction of sp³-hybridized carbons (Fsp3) is 0.385. The first-order valence-electron chi connectivity index (χ1n) is 5.73. The number of anilines is 1. The van der Waals surface area contributed by atoms with E-state index in [1.165, 1.54) is 4.90 Å². The third-order valence-electron chi connectivity index (χ3n) is 3.36. The number of phenols is 1. The summed E-state index contributed by atoms with van der Waals surface area (Å²) in [6, 6.07) is 3.30. The van der Waals surface area contributed by atoms with Gasteiger partial charge in [-0.2, -0.15) is 0 Å². The molecule has 1 amide bonds. The maximum Gasteiger partial charge on any atom is 0.308 e. The van der Waals surface area contributed by atoms with Gasteiger partial charge in [0.2, 0.25) is 5.91 Å². The molecule has 1 atom stereocenters. The lowest BCUT2D eigenvalue weighted by atomic mass is 10.1. The summed E-state index contributed by atoms with van der Waals surface area (Å²) in [5.41, 5.74) is 2.28. The highest BCUT2D eigenvalue weighted by molar-refractivity contribution is 6.00. The van der Waals surface area contributed by atoms with Crippen LogP contribution in [0.25, 0.3) is 0 Å². The Labute approximate surface area is 105 Å². The quantitative estimate of drug-likeness (QED) is 0.831. The van der Waals surface area contributed by atoms with E-state index < -0.39 is 11.9 Å². The van der Waals surface area contributed by atoms with Crippen molar-refractivity contribution in [1.29, 1.82) is 0 Å². The molecule has 1 fully saturated rings. The van der Waals surface area contributed by atoms with Gasteiger partial charge in [-0.1, -0.05) is 0 Å². The van der Waals surface area contributed by atoms with Crippen LogP contribution in [0.1, 0.15) is 17.5 Å². The number of carboxylic acids is 1. The topological polar surface area (TPSA) is 77.8 Å². The molecule has 0 radical (unpaired) electrons. The smallest absolute Gasteiger partial charge is 0.308 e. The molecule has 1 aliphatic rings. The van der Waals surface area contributed by atoms with E-state index in [4.69, 9.17) is 5.11 Å². The number of hydrogen-bond acceptors (Lipinski definition) is 3. The van der Waals surface area contributed by atoms with Crippen molar-refractivity contribution in [2.75, 3.05) is 11.4 Å². The van der Waals surface area contributed by atoms with E-state index in [0.29, 0.717) is 5.69 Å². The van der Waals surface area contributed by atoms with Crippen LogP contribution in [0.3, 0.4) is 0 Å². The number of carbonyl (C=O) groups is 2. The van der Waals surface area contributed by atoms with E-state index in [9.17, 15) is 14.7 Å². The molecule has 96 valence electrons. The van der Waals surface area contributed by atoms with Crippen molar-refractivity contribution in [3.05, 3.63) is 23.3 Å². The molecule has 0 spiro atoms. The molecule has 1 aliphatic heterocycles. The molecule has 1 unspecified atom stereocenters. The van der Waals surface area contributed by atoms with Crippen LogP contribution in [0.15, 0.2) is 12.1 Å². The van der Waals surface area contributed by atoms with E-state index >= 15 is 0 Å². The maximum atomic E-state index is 11.8. The van der Waals surface area contributed by atoms with E-state index in [2.05, 4.69) is 0 Å². The molecular formula is C13H15NO4. The molecule has 18 heavy (non-hydrogen) atoms. The summed E-state index contributed by atoms with van der Waals surface area (Å²) in [6.45, 7) is 3.86. The molecule has 1 saturated heterocycles. The number of phenolic OH excluding ortho intramolecular Hbond substituents is 1. The standard InChI is InChI=1S/C13H15NO4/c1-7-3-10(11(15)4-8(7)2)14-6-9(13(17)18)5-12(14)16/h3-4,9,15H,5-6H2,1-2H3,(H,17,18). The summed E-state index contributed by atoms with van der Waals surface area (Å²) < 4.78 is 0. The SMILES string of the molecule is Cc1cc(O)c(N2CC(C(=O)O)CC2=O)cc1C. The predicted octanol–water partition coefficient (Wildman–Crippen LogP) is 1.45. The van der Waals surface area contributed by atoms with Gasteiger partial charge in [-0.25, -0.2) is 0 Å². The number of nitrogens with zero attached hydrogens (tertiary/aromatic N) is 1. The highest BCUT2D eigenvalue weighted by Gasteiger charge is 2.36. The Morgan fingerprint density at radius 3 is 2.50 bits per heavy atom. The second-order valence-electron chi connectivity index (χ2n) is 4.67. The van der Waals surface area contributed by atoms with Gasteiger partial charge in [0.15, 0.2) is 0 Å². The van der Waals surface area contributed by atoms with Gasteiger partial charge in [-0.3, -0.25) is 9.59 Å². The van der Waals surface area contributed by atoms with Crippen LogP contribution < -0.4 is 4.90 Å². The zero-order valence-corrected chi connectivity index (χ0v) is 10.3. The van der Waals surface area contributed by atoms with E-state index in [1.54, 1.807) is 12.1 Å². The monoisotopic (exact) mass is 249 g/mol. The molecule has 2 rings (SSSR count). The first-order chi connectivity index (χ1) is 8.40. The predicted molar refractivity (Wildman–Crippen MR) is 65.7 cm³/mol. The van der Waals surface area contributed by atoms with E-state index in [1.807, 2.05) is 13.8 Å². The summed E-state index contributed by atoms with van der Waals surface area (Å²) >= 11 is 0. The van der Waals surface area contributed by atoms with Gasteiger partial charge in [-0.05, 0) is 37.1 Å². The van der Waals surface area contributed by atoms with Crippen molar-refractivity contribution in [3.8, 4) is 5.75 Å². The average molecular weight is 249 g/mol. The zero-order valence-electron chi connectivity index (χ0n) is 10.3. The molecule has 5 nitrogen and oxygen atoms in total. The molecule has 0 saturated carbocycles. The largest absolute Gasteiger partial charge is 0.506 e. The Morgan fingerprint density at radius 1 is 1.33 bits per heavy atom. The summed E-state index contributed by atoms with van der Waals surface area (Å²) in [5, 5.41) is 18.8. The van der Waals surface area contributed by atoms with E-state index in [0.717, 1.165) is 11.1 Å².